The molecular weight excluding hydrogens is 725 g/mol. The zero-order valence-corrected chi connectivity index (χ0v) is 31.4. The molecule has 7 nitrogen and oxygen atoms in total. The van der Waals surface area contributed by atoms with E-state index < -0.39 is 0 Å². The fourth-order valence-electron chi connectivity index (χ4n) is 8.89. The van der Waals surface area contributed by atoms with Gasteiger partial charge in [0.25, 0.3) is 0 Å². The van der Waals surface area contributed by atoms with E-state index in [1.807, 2.05) is 91.0 Å². The highest BCUT2D eigenvalue weighted by molar-refractivity contribution is 6.39. The maximum atomic E-state index is 10.9. The van der Waals surface area contributed by atoms with E-state index in [9.17, 15) is 5.26 Å². The highest BCUT2D eigenvalue weighted by Crippen LogP contribution is 2.49. The van der Waals surface area contributed by atoms with Gasteiger partial charge < -0.3 is 13.6 Å². The average Bonchev–Trinajstić information content (AvgIpc) is 3.98. The van der Waals surface area contributed by atoms with Crippen LogP contribution in [0.3, 0.4) is 0 Å². The molecule has 0 aliphatic heterocycles. The second-order valence-corrected chi connectivity index (χ2v) is 14.7. The van der Waals surface area contributed by atoms with Crippen LogP contribution in [0, 0.1) is 11.3 Å². The monoisotopic (exact) mass is 754 g/mol. The summed E-state index contributed by atoms with van der Waals surface area (Å²) < 4.78 is 11.6. The highest BCUT2D eigenvalue weighted by atomic mass is 16.3. The highest BCUT2D eigenvalue weighted by Gasteiger charge is 2.28. The Morgan fingerprint density at radius 3 is 1.61 bits per heavy atom. The molecule has 12 aromatic rings. The number of furan rings is 1. The van der Waals surface area contributed by atoms with Gasteiger partial charge in [-0.05, 0) is 48.5 Å². The Hall–Kier alpha value is -8.34. The lowest BCUT2D eigenvalue weighted by Gasteiger charge is -2.13. The second kappa shape index (κ2) is 12.8. The molecule has 4 aromatic heterocycles. The first-order chi connectivity index (χ1) is 29.2. The Bertz CT molecular complexity index is 3610. The number of benzene rings is 8. The van der Waals surface area contributed by atoms with Crippen molar-refractivity contribution in [3.8, 4) is 51.6 Å². The number of nitriles is 1. The normalized spacial score (nSPS) is 11.7. The van der Waals surface area contributed by atoms with E-state index in [0.717, 1.165) is 88.1 Å². The topological polar surface area (TPSA) is 85.5 Å². The molecule has 4 heterocycles. The molecule has 59 heavy (non-hydrogen) atoms. The number of nitrogens with zero attached hydrogens (tertiary/aromatic N) is 6. The molecule has 0 N–H and O–H groups in total. The van der Waals surface area contributed by atoms with Crippen molar-refractivity contribution in [3.63, 3.8) is 0 Å². The molecule has 0 saturated heterocycles. The summed E-state index contributed by atoms with van der Waals surface area (Å²) in [5.41, 5.74) is 10.5. The lowest BCUT2D eigenvalue weighted by Crippen LogP contribution is -2.02. The standard InChI is InChI=1S/C52H30N6O/c53-31-34-30-36(28-29-37(34)52-55-50(32-16-4-1-5-17-32)54-51(56-52)33-18-6-2-7-19-33)58-41-25-13-10-22-38(41)44-45-40-24-12-15-27-43(40)59-49(45)48-46(47(44)58)39-23-11-14-26-42(39)57(48)35-20-8-3-9-21-35/h1-30H. The number of rotatable bonds is 5. The van der Waals surface area contributed by atoms with Crippen molar-refractivity contribution in [2.24, 2.45) is 0 Å². The van der Waals surface area contributed by atoms with E-state index in [0.29, 0.717) is 28.6 Å². The molecule has 0 amide bonds. The van der Waals surface area contributed by atoms with Gasteiger partial charge in [-0.25, -0.2) is 15.0 Å². The Balaban J connectivity index is 1.20. The predicted molar refractivity (Wildman–Crippen MR) is 237 cm³/mol. The van der Waals surface area contributed by atoms with Crippen molar-refractivity contribution in [3.05, 3.63) is 188 Å². The lowest BCUT2D eigenvalue weighted by molar-refractivity contribution is 0.671. The number of fused-ring (bicyclic) bond motifs is 12. The Kier molecular flexibility index (Phi) is 7.16. The van der Waals surface area contributed by atoms with Crippen molar-refractivity contribution in [1.29, 1.82) is 5.26 Å². The average molecular weight is 755 g/mol. The van der Waals surface area contributed by atoms with Crippen molar-refractivity contribution in [1.82, 2.24) is 24.1 Å². The van der Waals surface area contributed by atoms with Crippen LogP contribution in [-0.4, -0.2) is 24.1 Å². The van der Waals surface area contributed by atoms with Crippen molar-refractivity contribution in [2.75, 3.05) is 0 Å². The first kappa shape index (κ1) is 32.9. The quantitative estimate of drug-likeness (QED) is 0.175. The van der Waals surface area contributed by atoms with E-state index >= 15 is 0 Å². The smallest absolute Gasteiger partial charge is 0.165 e. The second-order valence-electron chi connectivity index (χ2n) is 14.7. The molecule has 0 fully saturated rings. The van der Waals surface area contributed by atoms with Gasteiger partial charge in [0, 0.05) is 60.4 Å². The van der Waals surface area contributed by atoms with E-state index in [1.165, 1.54) is 0 Å². The van der Waals surface area contributed by atoms with Crippen LogP contribution in [0.1, 0.15) is 5.56 Å². The Labute approximate surface area is 337 Å². The maximum Gasteiger partial charge on any atom is 0.165 e. The van der Waals surface area contributed by atoms with Crippen molar-refractivity contribution >= 4 is 65.6 Å². The van der Waals surface area contributed by atoms with Crippen LogP contribution >= 0.6 is 0 Å². The molecule has 0 spiro atoms. The molecule has 0 unspecified atom stereocenters. The van der Waals surface area contributed by atoms with Gasteiger partial charge in [0.15, 0.2) is 23.1 Å². The van der Waals surface area contributed by atoms with Gasteiger partial charge in [0.1, 0.15) is 5.58 Å². The SMILES string of the molecule is N#Cc1cc(-n2c3ccccc3c3c4c5ccccc5oc4c4c(c5ccccc5n4-c4ccccc4)c32)ccc1-c1nc(-c2ccccc2)nc(-c2ccccc2)n1. The first-order valence-electron chi connectivity index (χ1n) is 19.5. The van der Waals surface area contributed by atoms with Gasteiger partial charge in [-0.1, -0.05) is 133 Å². The zero-order chi connectivity index (χ0) is 39.0. The van der Waals surface area contributed by atoms with Crippen LogP contribution in [0.25, 0.3) is 111 Å². The summed E-state index contributed by atoms with van der Waals surface area (Å²) in [6.45, 7) is 0. The van der Waals surface area contributed by atoms with Gasteiger partial charge in [-0.2, -0.15) is 5.26 Å². The third kappa shape index (κ3) is 4.90. The molecule has 7 heteroatoms. The van der Waals surface area contributed by atoms with Crippen LogP contribution in [0.4, 0.5) is 0 Å². The molecule has 0 atom stereocenters. The van der Waals surface area contributed by atoms with Gasteiger partial charge in [0.2, 0.25) is 0 Å². The molecule has 274 valence electrons. The number of hydrogen-bond donors (Lipinski definition) is 0. The maximum absolute atomic E-state index is 10.9. The van der Waals surface area contributed by atoms with Crippen LogP contribution in [0.5, 0.6) is 0 Å². The van der Waals surface area contributed by atoms with Gasteiger partial charge >= 0.3 is 0 Å². The summed E-state index contributed by atoms with van der Waals surface area (Å²) in [5.74, 6) is 1.51. The summed E-state index contributed by atoms with van der Waals surface area (Å²) in [4.78, 5) is 14.8. The molecular formula is C52H30N6O. The minimum Gasteiger partial charge on any atom is -0.454 e. The number of aromatic nitrogens is 5. The summed E-state index contributed by atoms with van der Waals surface area (Å²) in [6, 6.07) is 64.2. The minimum atomic E-state index is 0.433. The van der Waals surface area contributed by atoms with Crippen LogP contribution in [0.15, 0.2) is 186 Å². The molecule has 12 rings (SSSR count). The summed E-state index contributed by atoms with van der Waals surface area (Å²) in [5, 5.41) is 17.4. The van der Waals surface area contributed by atoms with E-state index in [-0.39, 0.29) is 0 Å². The lowest BCUT2D eigenvalue weighted by atomic mass is 10.0. The Morgan fingerprint density at radius 1 is 0.441 bits per heavy atom. The molecule has 0 saturated carbocycles. The third-order valence-electron chi connectivity index (χ3n) is 11.4. The predicted octanol–water partition coefficient (Wildman–Crippen LogP) is 12.8. The van der Waals surface area contributed by atoms with Crippen LogP contribution < -0.4 is 0 Å². The summed E-state index contributed by atoms with van der Waals surface area (Å²) in [7, 11) is 0. The van der Waals surface area contributed by atoms with E-state index in [2.05, 4.69) is 106 Å². The first-order valence-corrected chi connectivity index (χ1v) is 19.5. The van der Waals surface area contributed by atoms with E-state index in [4.69, 9.17) is 19.4 Å². The summed E-state index contributed by atoms with van der Waals surface area (Å²) >= 11 is 0. The van der Waals surface area contributed by atoms with Gasteiger partial charge in [-0.15, -0.1) is 0 Å². The Morgan fingerprint density at radius 2 is 0.966 bits per heavy atom. The van der Waals surface area contributed by atoms with Gasteiger partial charge in [-0.3, -0.25) is 0 Å². The molecule has 0 aliphatic carbocycles. The van der Waals surface area contributed by atoms with Crippen molar-refractivity contribution in [2.45, 2.75) is 0 Å². The van der Waals surface area contributed by atoms with Gasteiger partial charge in [0.05, 0.1) is 33.7 Å². The summed E-state index contributed by atoms with van der Waals surface area (Å²) in [6.07, 6.45) is 0. The number of hydrogen-bond acceptors (Lipinski definition) is 5. The molecule has 0 radical (unpaired) electrons. The number of para-hydroxylation sites is 4. The minimum absolute atomic E-state index is 0.433. The van der Waals surface area contributed by atoms with Crippen molar-refractivity contribution < 1.29 is 4.42 Å². The zero-order valence-electron chi connectivity index (χ0n) is 31.4. The fraction of sp³-hybridized carbons (Fsp3) is 0. The van der Waals surface area contributed by atoms with Crippen LogP contribution in [-0.2, 0) is 0 Å². The van der Waals surface area contributed by atoms with Crippen LogP contribution in [0.2, 0.25) is 0 Å². The van der Waals surface area contributed by atoms with E-state index in [1.54, 1.807) is 0 Å². The molecule has 0 aliphatic rings. The third-order valence-corrected chi connectivity index (χ3v) is 11.4. The largest absolute Gasteiger partial charge is 0.454 e. The fourth-order valence-corrected chi connectivity index (χ4v) is 8.89. The molecule has 0 bridgehead atoms. The molecule has 8 aromatic carbocycles.